The van der Waals surface area contributed by atoms with E-state index < -0.39 is 0 Å². The van der Waals surface area contributed by atoms with Gasteiger partial charge in [-0.15, -0.1) is 11.3 Å². The van der Waals surface area contributed by atoms with Gasteiger partial charge in [0, 0.05) is 41.2 Å². The molecule has 30 heavy (non-hydrogen) atoms. The topological polar surface area (TPSA) is 51.7 Å². The molecule has 0 atom stereocenters. The van der Waals surface area contributed by atoms with Crippen molar-refractivity contribution >= 4 is 34.9 Å². The van der Waals surface area contributed by atoms with E-state index in [1.807, 2.05) is 36.6 Å². The van der Waals surface area contributed by atoms with Gasteiger partial charge in [0.1, 0.15) is 18.1 Å². The van der Waals surface area contributed by atoms with E-state index in [1.165, 1.54) is 6.08 Å². The minimum atomic E-state index is -0.137. The lowest BCUT2D eigenvalue weighted by molar-refractivity contribution is -0.125. The zero-order valence-electron chi connectivity index (χ0n) is 17.1. The van der Waals surface area contributed by atoms with Gasteiger partial charge in [0.15, 0.2) is 0 Å². The minimum absolute atomic E-state index is 0.137. The molecule has 0 aliphatic rings. The van der Waals surface area contributed by atoms with Crippen LogP contribution in [-0.4, -0.2) is 29.9 Å². The third-order valence-corrected chi connectivity index (χ3v) is 5.45. The third kappa shape index (κ3) is 5.84. The molecule has 5 nitrogen and oxygen atoms in total. The lowest BCUT2D eigenvalue weighted by Gasteiger charge is -2.17. The number of ether oxygens (including phenoxy) is 2. The molecule has 2 aromatic carbocycles. The van der Waals surface area contributed by atoms with Crippen LogP contribution in [0.15, 0.2) is 53.9 Å². The van der Waals surface area contributed by atoms with Gasteiger partial charge in [0.2, 0.25) is 5.91 Å². The Morgan fingerprint density at radius 3 is 2.77 bits per heavy atom. The van der Waals surface area contributed by atoms with Crippen LogP contribution in [0.25, 0.3) is 6.08 Å². The van der Waals surface area contributed by atoms with E-state index >= 15 is 0 Å². The van der Waals surface area contributed by atoms with E-state index in [0.29, 0.717) is 29.7 Å². The average Bonchev–Trinajstić information content (AvgIpc) is 3.16. The molecule has 1 amide bonds. The van der Waals surface area contributed by atoms with Gasteiger partial charge in [-0.1, -0.05) is 29.8 Å². The maximum atomic E-state index is 12.6. The van der Waals surface area contributed by atoms with Crippen LogP contribution in [-0.2, 0) is 17.9 Å². The Labute approximate surface area is 185 Å². The Hall–Kier alpha value is -2.83. The smallest absolute Gasteiger partial charge is 0.246 e. The van der Waals surface area contributed by atoms with Crippen molar-refractivity contribution in [2.75, 3.05) is 14.2 Å². The SMILES string of the molecule is COc1ccc(Cl)cc1CN(C)C(=O)/C=C/c1ccccc1OCc1csc(C)n1. The summed E-state index contributed by atoms with van der Waals surface area (Å²) in [5.41, 5.74) is 2.56. The van der Waals surface area contributed by atoms with Gasteiger partial charge in [-0.2, -0.15) is 0 Å². The highest BCUT2D eigenvalue weighted by molar-refractivity contribution is 7.09. The number of halogens is 1. The molecular formula is C23H23ClN2O3S. The fourth-order valence-electron chi connectivity index (χ4n) is 2.87. The lowest BCUT2D eigenvalue weighted by Crippen LogP contribution is -2.24. The summed E-state index contributed by atoms with van der Waals surface area (Å²) >= 11 is 7.67. The molecule has 1 aromatic heterocycles. The average molecular weight is 443 g/mol. The number of nitrogens with zero attached hydrogens (tertiary/aromatic N) is 2. The number of carbonyl (C=O) groups excluding carboxylic acids is 1. The monoisotopic (exact) mass is 442 g/mol. The highest BCUT2D eigenvalue weighted by atomic mass is 35.5. The first-order chi connectivity index (χ1) is 14.5. The van der Waals surface area contributed by atoms with Crippen LogP contribution in [0.3, 0.4) is 0 Å². The van der Waals surface area contributed by atoms with Crippen LogP contribution in [0.2, 0.25) is 5.02 Å². The molecule has 0 N–H and O–H groups in total. The van der Waals surface area contributed by atoms with Crippen molar-refractivity contribution in [2.45, 2.75) is 20.1 Å². The Bertz CT molecular complexity index is 1050. The number of para-hydroxylation sites is 1. The first kappa shape index (κ1) is 21.9. The van der Waals surface area contributed by atoms with E-state index in [2.05, 4.69) is 4.98 Å². The molecule has 3 rings (SSSR count). The van der Waals surface area contributed by atoms with Gasteiger partial charge in [0.05, 0.1) is 17.8 Å². The zero-order valence-corrected chi connectivity index (χ0v) is 18.7. The minimum Gasteiger partial charge on any atom is -0.496 e. The van der Waals surface area contributed by atoms with E-state index in [4.69, 9.17) is 21.1 Å². The molecular weight excluding hydrogens is 420 g/mol. The second kappa shape index (κ2) is 10.3. The highest BCUT2D eigenvalue weighted by Crippen LogP contribution is 2.24. The van der Waals surface area contributed by atoms with Crippen molar-refractivity contribution in [3.8, 4) is 11.5 Å². The van der Waals surface area contributed by atoms with Crippen molar-refractivity contribution in [3.63, 3.8) is 0 Å². The quantitative estimate of drug-likeness (QED) is 0.440. The predicted molar refractivity (Wildman–Crippen MR) is 121 cm³/mol. The molecule has 0 fully saturated rings. The molecule has 7 heteroatoms. The number of likely N-dealkylation sites (N-methyl/N-ethyl adjacent to an activating group) is 1. The molecule has 0 saturated heterocycles. The van der Waals surface area contributed by atoms with Crippen LogP contribution in [0.5, 0.6) is 11.5 Å². The van der Waals surface area contributed by atoms with Crippen LogP contribution in [0, 0.1) is 6.92 Å². The summed E-state index contributed by atoms with van der Waals surface area (Å²) in [4.78, 5) is 18.6. The van der Waals surface area contributed by atoms with Gasteiger partial charge < -0.3 is 14.4 Å². The summed E-state index contributed by atoms with van der Waals surface area (Å²) in [6, 6.07) is 13.0. The standard InChI is InChI=1S/C23H23ClN2O3S/c1-16-25-20(15-30-16)14-29-22-7-5-4-6-17(22)8-11-23(27)26(2)13-18-12-19(24)9-10-21(18)28-3/h4-12,15H,13-14H2,1-3H3/b11-8+. The number of carbonyl (C=O) groups is 1. The summed E-state index contributed by atoms with van der Waals surface area (Å²) in [6.07, 6.45) is 3.29. The van der Waals surface area contributed by atoms with Crippen LogP contribution < -0.4 is 9.47 Å². The maximum absolute atomic E-state index is 12.6. The Morgan fingerprint density at radius 2 is 2.03 bits per heavy atom. The van der Waals surface area contributed by atoms with Gasteiger partial charge in [-0.3, -0.25) is 4.79 Å². The largest absolute Gasteiger partial charge is 0.496 e. The molecule has 0 aliphatic heterocycles. The number of thiazole rings is 1. The number of hydrogen-bond acceptors (Lipinski definition) is 5. The second-order valence-electron chi connectivity index (χ2n) is 6.67. The fraction of sp³-hybridized carbons (Fsp3) is 0.217. The van der Waals surface area contributed by atoms with E-state index in [1.54, 1.807) is 54.7 Å². The summed E-state index contributed by atoms with van der Waals surface area (Å²) < 4.78 is 11.3. The molecule has 0 spiro atoms. The first-order valence-electron chi connectivity index (χ1n) is 9.34. The number of aromatic nitrogens is 1. The van der Waals surface area contributed by atoms with Crippen molar-refractivity contribution < 1.29 is 14.3 Å². The molecule has 0 radical (unpaired) electrons. The number of benzene rings is 2. The van der Waals surface area contributed by atoms with Gasteiger partial charge in [-0.25, -0.2) is 4.98 Å². The van der Waals surface area contributed by atoms with Gasteiger partial charge >= 0.3 is 0 Å². The molecule has 0 unspecified atom stereocenters. The Kier molecular flexibility index (Phi) is 7.49. The Balaban J connectivity index is 1.66. The highest BCUT2D eigenvalue weighted by Gasteiger charge is 2.11. The fourth-order valence-corrected chi connectivity index (χ4v) is 3.66. The van der Waals surface area contributed by atoms with Crippen molar-refractivity contribution in [2.24, 2.45) is 0 Å². The second-order valence-corrected chi connectivity index (χ2v) is 8.17. The lowest BCUT2D eigenvalue weighted by atomic mass is 10.1. The molecule has 0 aliphatic carbocycles. The number of aryl methyl sites for hydroxylation is 1. The third-order valence-electron chi connectivity index (χ3n) is 4.39. The maximum Gasteiger partial charge on any atom is 0.246 e. The first-order valence-corrected chi connectivity index (χ1v) is 10.6. The van der Waals surface area contributed by atoms with Crippen LogP contribution in [0.4, 0.5) is 0 Å². The number of hydrogen-bond donors (Lipinski definition) is 0. The summed E-state index contributed by atoms with van der Waals surface area (Å²) in [7, 11) is 3.33. The van der Waals surface area contributed by atoms with Gasteiger partial charge in [0.25, 0.3) is 0 Å². The summed E-state index contributed by atoms with van der Waals surface area (Å²) in [6.45, 7) is 2.73. The van der Waals surface area contributed by atoms with E-state index in [0.717, 1.165) is 21.8 Å². The molecule has 3 aromatic rings. The Morgan fingerprint density at radius 1 is 1.23 bits per heavy atom. The summed E-state index contributed by atoms with van der Waals surface area (Å²) in [5, 5.41) is 3.59. The molecule has 156 valence electrons. The predicted octanol–water partition coefficient (Wildman–Crippen LogP) is 5.36. The number of rotatable bonds is 8. The van der Waals surface area contributed by atoms with Crippen LogP contribution in [0.1, 0.15) is 21.8 Å². The number of amides is 1. The van der Waals surface area contributed by atoms with Crippen molar-refractivity contribution in [1.82, 2.24) is 9.88 Å². The van der Waals surface area contributed by atoms with Crippen molar-refractivity contribution in [3.05, 3.63) is 80.8 Å². The summed E-state index contributed by atoms with van der Waals surface area (Å²) in [5.74, 6) is 1.26. The van der Waals surface area contributed by atoms with Gasteiger partial charge in [-0.05, 0) is 37.3 Å². The number of methoxy groups -OCH3 is 1. The zero-order chi connectivity index (χ0) is 21.5. The molecule has 1 heterocycles. The molecule has 0 bridgehead atoms. The van der Waals surface area contributed by atoms with E-state index in [-0.39, 0.29) is 5.91 Å². The van der Waals surface area contributed by atoms with Crippen LogP contribution >= 0.6 is 22.9 Å². The normalized spacial score (nSPS) is 10.9. The molecule has 0 saturated carbocycles. The van der Waals surface area contributed by atoms with Crippen molar-refractivity contribution in [1.29, 1.82) is 0 Å². The van der Waals surface area contributed by atoms with E-state index in [9.17, 15) is 4.79 Å².